The lowest BCUT2D eigenvalue weighted by Gasteiger charge is -2.19. The van der Waals surface area contributed by atoms with Crippen LogP contribution in [0.5, 0.6) is 0 Å². The molecule has 1 unspecified atom stereocenters. The summed E-state index contributed by atoms with van der Waals surface area (Å²) < 4.78 is 64.1. The minimum absolute atomic E-state index is 0.0623. The van der Waals surface area contributed by atoms with E-state index in [1.807, 2.05) is 5.48 Å². The first-order valence-electron chi connectivity index (χ1n) is 5.83. The topological polar surface area (TPSA) is 69.6 Å². The number of halogens is 3. The van der Waals surface area contributed by atoms with Gasteiger partial charge in [-0.2, -0.15) is 17.5 Å². The molecule has 1 heterocycles. The van der Waals surface area contributed by atoms with Crippen molar-refractivity contribution in [2.45, 2.75) is 23.5 Å². The number of benzene rings is 1. The number of hydrogen-bond acceptors (Lipinski definition) is 4. The first-order chi connectivity index (χ1) is 9.26. The van der Waals surface area contributed by atoms with E-state index in [-0.39, 0.29) is 13.1 Å². The Labute approximate surface area is 114 Å². The minimum Gasteiger partial charge on any atom is -0.316 e. The van der Waals surface area contributed by atoms with E-state index in [4.69, 9.17) is 5.21 Å². The van der Waals surface area contributed by atoms with Gasteiger partial charge in [0.1, 0.15) is 0 Å². The van der Waals surface area contributed by atoms with Gasteiger partial charge < -0.3 is 5.21 Å². The molecule has 0 bridgehead atoms. The Morgan fingerprint density at radius 3 is 2.50 bits per heavy atom. The van der Waals surface area contributed by atoms with E-state index in [2.05, 4.69) is 0 Å². The van der Waals surface area contributed by atoms with Gasteiger partial charge >= 0.3 is 6.18 Å². The predicted molar refractivity (Wildman–Crippen MR) is 63.5 cm³/mol. The number of alkyl halides is 3. The normalized spacial score (nSPS) is 21.3. The molecule has 0 radical (unpaired) electrons. The molecule has 1 saturated heterocycles. The van der Waals surface area contributed by atoms with Crippen LogP contribution >= 0.6 is 0 Å². The van der Waals surface area contributed by atoms with Crippen LogP contribution in [0.15, 0.2) is 29.2 Å². The van der Waals surface area contributed by atoms with E-state index in [1.54, 1.807) is 0 Å². The van der Waals surface area contributed by atoms with Gasteiger partial charge in [-0.05, 0) is 18.6 Å². The monoisotopic (exact) mass is 310 g/mol. The third-order valence-corrected chi connectivity index (χ3v) is 5.07. The van der Waals surface area contributed by atoms with Gasteiger partial charge in [-0.3, -0.25) is 0 Å². The lowest BCUT2D eigenvalue weighted by Crippen LogP contribution is -2.34. The SMILES string of the molecule is O=S(=O)(c1ccccc1C(F)(F)F)N1CCC(NO)C1. The molecule has 1 fully saturated rings. The van der Waals surface area contributed by atoms with E-state index in [1.165, 1.54) is 6.07 Å². The summed E-state index contributed by atoms with van der Waals surface area (Å²) in [6, 6.07) is 3.61. The Hall–Kier alpha value is -1.16. The molecular weight excluding hydrogens is 297 g/mol. The molecule has 0 aromatic heterocycles. The van der Waals surface area contributed by atoms with Crippen LogP contribution in [0.2, 0.25) is 0 Å². The highest BCUT2D eigenvalue weighted by Gasteiger charge is 2.40. The second kappa shape index (κ2) is 5.32. The Balaban J connectivity index is 2.41. The number of hydrogen-bond donors (Lipinski definition) is 2. The van der Waals surface area contributed by atoms with Crippen molar-refractivity contribution < 1.29 is 26.8 Å². The molecule has 5 nitrogen and oxygen atoms in total. The molecule has 1 aliphatic heterocycles. The van der Waals surface area contributed by atoms with Crippen molar-refractivity contribution in [3.05, 3.63) is 29.8 Å². The van der Waals surface area contributed by atoms with Crippen LogP contribution in [-0.4, -0.2) is 37.1 Å². The van der Waals surface area contributed by atoms with E-state index in [9.17, 15) is 21.6 Å². The average Bonchev–Trinajstić information content (AvgIpc) is 2.87. The standard InChI is InChI=1S/C11H13F3N2O3S/c12-11(13,14)9-3-1-2-4-10(9)20(18,19)16-6-5-8(7-16)15-17/h1-4,8,15,17H,5-7H2. The van der Waals surface area contributed by atoms with E-state index >= 15 is 0 Å². The highest BCUT2D eigenvalue weighted by molar-refractivity contribution is 7.89. The van der Waals surface area contributed by atoms with Gasteiger partial charge in [-0.15, -0.1) is 0 Å². The van der Waals surface area contributed by atoms with Crippen LogP contribution in [0.3, 0.4) is 0 Å². The number of rotatable bonds is 3. The van der Waals surface area contributed by atoms with Gasteiger partial charge in [0.15, 0.2) is 0 Å². The van der Waals surface area contributed by atoms with Gasteiger partial charge in [0.25, 0.3) is 0 Å². The molecule has 112 valence electrons. The zero-order valence-electron chi connectivity index (χ0n) is 10.3. The summed E-state index contributed by atoms with van der Waals surface area (Å²) >= 11 is 0. The maximum absolute atomic E-state index is 12.9. The first-order valence-corrected chi connectivity index (χ1v) is 7.27. The van der Waals surface area contributed by atoms with Crippen molar-refractivity contribution in [3.8, 4) is 0 Å². The summed E-state index contributed by atoms with van der Waals surface area (Å²) in [5.41, 5.74) is 0.754. The molecule has 9 heteroatoms. The first kappa shape index (κ1) is 15.2. The zero-order valence-corrected chi connectivity index (χ0v) is 11.1. The Kier molecular flexibility index (Phi) is 4.05. The summed E-state index contributed by atoms with van der Waals surface area (Å²) in [4.78, 5) is -0.758. The number of hydroxylamine groups is 1. The average molecular weight is 310 g/mol. The van der Waals surface area contributed by atoms with Gasteiger partial charge in [-0.1, -0.05) is 12.1 Å². The summed E-state index contributed by atoms with van der Waals surface area (Å²) in [7, 11) is -4.23. The van der Waals surface area contributed by atoms with Gasteiger partial charge in [0, 0.05) is 19.1 Å². The Morgan fingerprint density at radius 2 is 1.95 bits per heavy atom. The van der Waals surface area contributed by atoms with Crippen LogP contribution in [0.4, 0.5) is 13.2 Å². The van der Waals surface area contributed by atoms with Crippen molar-refractivity contribution in [1.82, 2.24) is 9.79 Å². The molecule has 2 rings (SSSR count). The largest absolute Gasteiger partial charge is 0.417 e. The second-order valence-corrected chi connectivity index (χ2v) is 6.38. The lowest BCUT2D eigenvalue weighted by molar-refractivity contribution is -0.139. The maximum atomic E-state index is 12.9. The van der Waals surface area contributed by atoms with Crippen LogP contribution in [0, 0.1) is 0 Å². The molecule has 0 amide bonds. The summed E-state index contributed by atoms with van der Waals surface area (Å²) in [6.45, 7) is -0.00221. The lowest BCUT2D eigenvalue weighted by atomic mass is 10.2. The number of nitrogens with one attached hydrogen (secondary N) is 1. The third-order valence-electron chi connectivity index (χ3n) is 3.14. The van der Waals surface area contributed by atoms with Crippen molar-refractivity contribution in [3.63, 3.8) is 0 Å². The van der Waals surface area contributed by atoms with Crippen molar-refractivity contribution in [1.29, 1.82) is 0 Å². The van der Waals surface area contributed by atoms with Crippen LogP contribution in [0.1, 0.15) is 12.0 Å². The van der Waals surface area contributed by atoms with Gasteiger partial charge in [0.2, 0.25) is 10.0 Å². The van der Waals surface area contributed by atoms with E-state index in [0.717, 1.165) is 22.5 Å². The highest BCUT2D eigenvalue weighted by Crippen LogP contribution is 2.35. The van der Waals surface area contributed by atoms with Crippen LogP contribution in [0.25, 0.3) is 0 Å². The van der Waals surface area contributed by atoms with E-state index < -0.39 is 32.7 Å². The molecule has 20 heavy (non-hydrogen) atoms. The zero-order chi connectivity index (χ0) is 15.0. The molecular formula is C11H13F3N2O3S. The second-order valence-electron chi connectivity index (χ2n) is 4.47. The molecule has 1 aliphatic rings. The Bertz CT molecular complexity index is 589. The number of nitrogens with zero attached hydrogens (tertiary/aromatic N) is 1. The maximum Gasteiger partial charge on any atom is 0.417 e. The summed E-state index contributed by atoms with van der Waals surface area (Å²) in [5, 5.41) is 8.75. The fourth-order valence-corrected chi connectivity index (χ4v) is 3.83. The van der Waals surface area contributed by atoms with Gasteiger partial charge in [0.05, 0.1) is 10.5 Å². The molecule has 0 spiro atoms. The number of sulfonamides is 1. The fraction of sp³-hybridized carbons (Fsp3) is 0.455. The molecule has 1 aromatic carbocycles. The van der Waals surface area contributed by atoms with Crippen molar-refractivity contribution >= 4 is 10.0 Å². The minimum atomic E-state index is -4.74. The fourth-order valence-electron chi connectivity index (χ4n) is 2.12. The van der Waals surface area contributed by atoms with Crippen molar-refractivity contribution in [2.75, 3.05) is 13.1 Å². The summed E-state index contributed by atoms with van der Waals surface area (Å²) in [5.74, 6) is 0. The third kappa shape index (κ3) is 2.80. The molecule has 1 atom stereocenters. The Morgan fingerprint density at radius 1 is 1.30 bits per heavy atom. The molecule has 0 aliphatic carbocycles. The molecule has 0 saturated carbocycles. The molecule has 1 aromatic rings. The quantitative estimate of drug-likeness (QED) is 0.829. The predicted octanol–water partition coefficient (Wildman–Crippen LogP) is 1.45. The molecule has 2 N–H and O–H groups in total. The summed E-state index contributed by atoms with van der Waals surface area (Å²) in [6.07, 6.45) is -4.40. The highest BCUT2D eigenvalue weighted by atomic mass is 32.2. The van der Waals surface area contributed by atoms with Crippen LogP contribution in [-0.2, 0) is 16.2 Å². The van der Waals surface area contributed by atoms with Crippen molar-refractivity contribution in [2.24, 2.45) is 0 Å². The van der Waals surface area contributed by atoms with Gasteiger partial charge in [-0.25, -0.2) is 13.9 Å². The smallest absolute Gasteiger partial charge is 0.316 e. The van der Waals surface area contributed by atoms with E-state index in [0.29, 0.717) is 6.42 Å². The van der Waals surface area contributed by atoms with Crippen LogP contribution < -0.4 is 5.48 Å².